The van der Waals surface area contributed by atoms with E-state index in [4.69, 9.17) is 4.74 Å². The summed E-state index contributed by atoms with van der Waals surface area (Å²) in [5.74, 6) is 1.81. The average molecular weight is 228 g/mol. The summed E-state index contributed by atoms with van der Waals surface area (Å²) in [6.45, 7) is 4.61. The Kier molecular flexibility index (Phi) is 4.95. The standard InChI is InChI=1S/C12H17FOS/c1-3-10(8-15)7-14-12-5-4-11(13)6-9(12)2/h4-6,10,15H,3,7-8H2,1-2H3. The van der Waals surface area contributed by atoms with Gasteiger partial charge >= 0.3 is 0 Å². The minimum absolute atomic E-state index is 0.221. The van der Waals surface area contributed by atoms with Crippen molar-refractivity contribution in [3.8, 4) is 5.75 Å². The first-order valence-electron chi connectivity index (χ1n) is 5.17. The Morgan fingerprint density at radius 1 is 1.47 bits per heavy atom. The molecule has 15 heavy (non-hydrogen) atoms. The molecule has 1 unspecified atom stereocenters. The maximum Gasteiger partial charge on any atom is 0.123 e. The molecule has 0 bridgehead atoms. The molecule has 0 spiro atoms. The van der Waals surface area contributed by atoms with Crippen molar-refractivity contribution in [3.05, 3.63) is 29.6 Å². The van der Waals surface area contributed by atoms with E-state index in [-0.39, 0.29) is 5.82 Å². The number of aryl methyl sites for hydroxylation is 1. The fourth-order valence-corrected chi connectivity index (χ4v) is 1.65. The van der Waals surface area contributed by atoms with Crippen LogP contribution < -0.4 is 4.74 Å². The highest BCUT2D eigenvalue weighted by Gasteiger charge is 2.06. The van der Waals surface area contributed by atoms with Gasteiger partial charge in [-0.25, -0.2) is 4.39 Å². The van der Waals surface area contributed by atoms with Crippen LogP contribution in [0.1, 0.15) is 18.9 Å². The molecule has 0 saturated heterocycles. The fourth-order valence-electron chi connectivity index (χ4n) is 1.28. The van der Waals surface area contributed by atoms with E-state index in [2.05, 4.69) is 19.6 Å². The largest absolute Gasteiger partial charge is 0.493 e. The number of benzene rings is 1. The van der Waals surface area contributed by atoms with Crippen LogP contribution >= 0.6 is 12.6 Å². The topological polar surface area (TPSA) is 9.23 Å². The van der Waals surface area contributed by atoms with Crippen LogP contribution in [0.15, 0.2) is 18.2 Å². The van der Waals surface area contributed by atoms with E-state index in [0.717, 1.165) is 23.5 Å². The second-order valence-electron chi connectivity index (χ2n) is 3.68. The highest BCUT2D eigenvalue weighted by molar-refractivity contribution is 7.80. The number of hydrogen-bond acceptors (Lipinski definition) is 2. The summed E-state index contributed by atoms with van der Waals surface area (Å²) in [6, 6.07) is 4.58. The predicted molar refractivity (Wildman–Crippen MR) is 64.3 cm³/mol. The Bertz CT molecular complexity index is 310. The van der Waals surface area contributed by atoms with Gasteiger partial charge in [0.05, 0.1) is 6.61 Å². The summed E-state index contributed by atoms with van der Waals surface area (Å²) in [4.78, 5) is 0. The Hall–Kier alpha value is -0.700. The molecule has 0 amide bonds. The normalized spacial score (nSPS) is 12.5. The lowest BCUT2D eigenvalue weighted by molar-refractivity contribution is 0.258. The summed E-state index contributed by atoms with van der Waals surface area (Å²) in [5.41, 5.74) is 0.837. The van der Waals surface area contributed by atoms with Crippen LogP contribution in [0, 0.1) is 18.7 Å². The van der Waals surface area contributed by atoms with Gasteiger partial charge in [-0.05, 0) is 42.9 Å². The summed E-state index contributed by atoms with van der Waals surface area (Å²) in [5, 5.41) is 0. The van der Waals surface area contributed by atoms with Gasteiger partial charge in [-0.2, -0.15) is 12.6 Å². The zero-order valence-electron chi connectivity index (χ0n) is 9.16. The van der Waals surface area contributed by atoms with Crippen molar-refractivity contribution in [3.63, 3.8) is 0 Å². The van der Waals surface area contributed by atoms with E-state index in [1.54, 1.807) is 6.07 Å². The maximum absolute atomic E-state index is 12.8. The third kappa shape index (κ3) is 3.74. The van der Waals surface area contributed by atoms with Crippen LogP contribution in [0.5, 0.6) is 5.75 Å². The van der Waals surface area contributed by atoms with Crippen LogP contribution in [0.3, 0.4) is 0 Å². The van der Waals surface area contributed by atoms with Gasteiger partial charge < -0.3 is 4.74 Å². The molecular weight excluding hydrogens is 211 g/mol. The van der Waals surface area contributed by atoms with Crippen LogP contribution in [0.25, 0.3) is 0 Å². The maximum atomic E-state index is 12.8. The second kappa shape index (κ2) is 6.01. The monoisotopic (exact) mass is 228 g/mol. The molecule has 0 fully saturated rings. The first kappa shape index (κ1) is 12.4. The van der Waals surface area contributed by atoms with Gasteiger partial charge in [-0.15, -0.1) is 0 Å². The summed E-state index contributed by atoms with van der Waals surface area (Å²) < 4.78 is 18.4. The van der Waals surface area contributed by atoms with E-state index in [9.17, 15) is 4.39 Å². The van der Waals surface area contributed by atoms with Crippen molar-refractivity contribution in [1.82, 2.24) is 0 Å². The minimum atomic E-state index is -0.221. The predicted octanol–water partition coefficient (Wildman–Crippen LogP) is 3.47. The number of thiol groups is 1. The lowest BCUT2D eigenvalue weighted by atomic mass is 10.1. The number of ether oxygens (including phenoxy) is 1. The Morgan fingerprint density at radius 3 is 2.73 bits per heavy atom. The van der Waals surface area contributed by atoms with Crippen LogP contribution in [-0.2, 0) is 0 Å². The molecule has 0 aliphatic rings. The van der Waals surface area contributed by atoms with Crippen molar-refractivity contribution < 1.29 is 9.13 Å². The van der Waals surface area contributed by atoms with Crippen LogP contribution in [0.4, 0.5) is 4.39 Å². The molecule has 1 atom stereocenters. The zero-order valence-corrected chi connectivity index (χ0v) is 10.1. The number of hydrogen-bond donors (Lipinski definition) is 1. The van der Waals surface area contributed by atoms with Crippen molar-refractivity contribution in [1.29, 1.82) is 0 Å². The summed E-state index contributed by atoms with van der Waals surface area (Å²) in [7, 11) is 0. The molecular formula is C12H17FOS. The minimum Gasteiger partial charge on any atom is -0.493 e. The fraction of sp³-hybridized carbons (Fsp3) is 0.500. The molecule has 0 aliphatic carbocycles. The van der Waals surface area contributed by atoms with Crippen molar-refractivity contribution in [2.45, 2.75) is 20.3 Å². The molecule has 0 aliphatic heterocycles. The lowest BCUT2D eigenvalue weighted by Gasteiger charge is -2.14. The third-order valence-electron chi connectivity index (χ3n) is 2.45. The van der Waals surface area contributed by atoms with Gasteiger partial charge in [-0.1, -0.05) is 6.92 Å². The summed E-state index contributed by atoms with van der Waals surface area (Å²) >= 11 is 4.24. The van der Waals surface area contributed by atoms with E-state index in [1.807, 2.05) is 6.92 Å². The van der Waals surface area contributed by atoms with Gasteiger partial charge in [0.15, 0.2) is 0 Å². The molecule has 1 nitrogen and oxygen atoms in total. The SMILES string of the molecule is CCC(CS)COc1ccc(F)cc1C. The van der Waals surface area contributed by atoms with Crippen LogP contribution in [-0.4, -0.2) is 12.4 Å². The molecule has 3 heteroatoms. The molecule has 0 heterocycles. The van der Waals surface area contributed by atoms with Gasteiger partial charge in [0.25, 0.3) is 0 Å². The molecule has 0 aromatic heterocycles. The Labute approximate surface area is 96.1 Å². The van der Waals surface area contributed by atoms with E-state index in [0.29, 0.717) is 12.5 Å². The van der Waals surface area contributed by atoms with Gasteiger partial charge in [-0.3, -0.25) is 0 Å². The molecule has 0 saturated carbocycles. The molecule has 1 rings (SSSR count). The zero-order chi connectivity index (χ0) is 11.3. The number of halogens is 1. The van der Waals surface area contributed by atoms with Gasteiger partial charge in [0, 0.05) is 5.92 Å². The molecule has 1 aromatic carbocycles. The van der Waals surface area contributed by atoms with E-state index < -0.39 is 0 Å². The first-order chi connectivity index (χ1) is 7.17. The highest BCUT2D eigenvalue weighted by Crippen LogP contribution is 2.19. The molecule has 0 radical (unpaired) electrons. The molecule has 84 valence electrons. The smallest absolute Gasteiger partial charge is 0.123 e. The van der Waals surface area contributed by atoms with Crippen molar-refractivity contribution in [2.24, 2.45) is 5.92 Å². The van der Waals surface area contributed by atoms with Crippen molar-refractivity contribution in [2.75, 3.05) is 12.4 Å². The van der Waals surface area contributed by atoms with Gasteiger partial charge in [0.1, 0.15) is 11.6 Å². The first-order valence-corrected chi connectivity index (χ1v) is 5.80. The highest BCUT2D eigenvalue weighted by atomic mass is 32.1. The average Bonchev–Trinajstić information content (AvgIpc) is 2.22. The Balaban J connectivity index is 2.57. The number of rotatable bonds is 5. The quantitative estimate of drug-likeness (QED) is 0.759. The Morgan fingerprint density at radius 2 is 2.20 bits per heavy atom. The molecule has 1 aromatic rings. The molecule has 0 N–H and O–H groups in total. The van der Waals surface area contributed by atoms with Crippen molar-refractivity contribution >= 4 is 12.6 Å². The lowest BCUT2D eigenvalue weighted by Crippen LogP contribution is -2.13. The van der Waals surface area contributed by atoms with E-state index >= 15 is 0 Å². The van der Waals surface area contributed by atoms with E-state index in [1.165, 1.54) is 12.1 Å². The third-order valence-corrected chi connectivity index (χ3v) is 2.96. The van der Waals surface area contributed by atoms with Gasteiger partial charge in [0.2, 0.25) is 0 Å². The second-order valence-corrected chi connectivity index (χ2v) is 4.04. The van der Waals surface area contributed by atoms with Crippen LogP contribution in [0.2, 0.25) is 0 Å². The summed E-state index contributed by atoms with van der Waals surface area (Å²) in [6.07, 6.45) is 1.05.